The van der Waals surface area contributed by atoms with Crippen LogP contribution < -0.4 is 0 Å². The summed E-state index contributed by atoms with van der Waals surface area (Å²) in [5.74, 6) is -0.242. The lowest BCUT2D eigenvalue weighted by Crippen LogP contribution is -1.80. The van der Waals surface area contributed by atoms with Crippen molar-refractivity contribution in [1.82, 2.24) is 4.98 Å². The van der Waals surface area contributed by atoms with Crippen molar-refractivity contribution in [2.75, 3.05) is 0 Å². The maximum atomic E-state index is 12.9. The van der Waals surface area contributed by atoms with Crippen LogP contribution in [-0.4, -0.2) is 4.98 Å². The van der Waals surface area contributed by atoms with Gasteiger partial charge >= 0.3 is 0 Å². The average Bonchev–Trinajstić information content (AvgIpc) is 2.22. The smallest absolute Gasteiger partial charge is 0.124 e. The Balaban J connectivity index is 2.18. The number of rotatable bonds is 2. The molecule has 2 rings (SSSR count). The van der Waals surface area contributed by atoms with Gasteiger partial charge in [0.2, 0.25) is 0 Å². The van der Waals surface area contributed by atoms with Crippen molar-refractivity contribution in [1.29, 1.82) is 0 Å². The molecule has 0 N–H and O–H groups in total. The lowest BCUT2D eigenvalue weighted by Gasteiger charge is -2.00. The highest BCUT2D eigenvalue weighted by Crippen LogP contribution is 2.26. The molecule has 0 spiro atoms. The molecule has 1 heterocycles. The van der Waals surface area contributed by atoms with Crippen LogP contribution >= 0.6 is 23.4 Å². The molecule has 0 radical (unpaired) electrons. The summed E-state index contributed by atoms with van der Waals surface area (Å²) in [5.41, 5.74) is 0. The number of halogens is 2. The first-order valence-corrected chi connectivity index (χ1v) is 5.48. The number of benzene rings is 1. The highest BCUT2D eigenvalue weighted by Gasteiger charge is 1.99. The Morgan fingerprint density at radius 3 is 2.73 bits per heavy atom. The summed E-state index contributed by atoms with van der Waals surface area (Å²) < 4.78 is 12.9. The molecule has 1 aromatic carbocycles. The molecule has 2 aromatic rings. The van der Waals surface area contributed by atoms with Crippen LogP contribution in [0.1, 0.15) is 0 Å². The van der Waals surface area contributed by atoms with Gasteiger partial charge in [-0.2, -0.15) is 0 Å². The summed E-state index contributed by atoms with van der Waals surface area (Å²) in [4.78, 5) is 4.94. The minimum absolute atomic E-state index is 0.242. The Kier molecular flexibility index (Phi) is 3.23. The summed E-state index contributed by atoms with van der Waals surface area (Å²) in [6.45, 7) is 0. The third-order valence-electron chi connectivity index (χ3n) is 1.72. The Bertz CT molecular complexity index is 458. The third kappa shape index (κ3) is 2.94. The van der Waals surface area contributed by atoms with E-state index in [0.717, 1.165) is 9.92 Å². The van der Waals surface area contributed by atoms with E-state index in [1.165, 1.54) is 23.9 Å². The Morgan fingerprint density at radius 1 is 1.20 bits per heavy atom. The SMILES string of the molecule is Fc1cccc(Sc2ccc(Cl)cn2)c1. The molecule has 15 heavy (non-hydrogen) atoms. The van der Waals surface area contributed by atoms with Crippen molar-refractivity contribution < 1.29 is 4.39 Å². The zero-order valence-electron chi connectivity index (χ0n) is 7.65. The van der Waals surface area contributed by atoms with E-state index in [2.05, 4.69) is 4.98 Å². The van der Waals surface area contributed by atoms with Gasteiger partial charge in [0.15, 0.2) is 0 Å². The molecule has 0 saturated heterocycles. The molecule has 0 amide bonds. The van der Waals surface area contributed by atoms with Crippen molar-refractivity contribution in [2.24, 2.45) is 0 Å². The van der Waals surface area contributed by atoms with E-state index in [9.17, 15) is 4.39 Å². The molecule has 0 aliphatic rings. The fourth-order valence-corrected chi connectivity index (χ4v) is 1.99. The molecule has 0 unspecified atom stereocenters. The first-order valence-electron chi connectivity index (χ1n) is 4.29. The molecule has 76 valence electrons. The lowest BCUT2D eigenvalue weighted by atomic mass is 10.4. The molecule has 0 bridgehead atoms. The van der Waals surface area contributed by atoms with Gasteiger partial charge in [0.05, 0.1) is 5.02 Å². The largest absolute Gasteiger partial charge is 0.248 e. The summed E-state index contributed by atoms with van der Waals surface area (Å²) in [7, 11) is 0. The van der Waals surface area contributed by atoms with Crippen LogP contribution in [0, 0.1) is 5.82 Å². The van der Waals surface area contributed by atoms with Gasteiger partial charge in [0.25, 0.3) is 0 Å². The second-order valence-corrected chi connectivity index (χ2v) is 4.40. The van der Waals surface area contributed by atoms with Crippen molar-refractivity contribution in [3.63, 3.8) is 0 Å². The first-order chi connectivity index (χ1) is 7.24. The predicted octanol–water partition coefficient (Wildman–Crippen LogP) is 4.03. The monoisotopic (exact) mass is 239 g/mol. The van der Waals surface area contributed by atoms with E-state index >= 15 is 0 Å². The van der Waals surface area contributed by atoms with Crippen molar-refractivity contribution in [3.05, 3.63) is 53.4 Å². The standard InChI is InChI=1S/C11H7ClFNS/c12-8-4-5-11(14-7-8)15-10-3-1-2-9(13)6-10/h1-7H. The topological polar surface area (TPSA) is 12.9 Å². The van der Waals surface area contributed by atoms with Crippen LogP contribution in [0.4, 0.5) is 4.39 Å². The Morgan fingerprint density at radius 2 is 2.07 bits per heavy atom. The zero-order valence-corrected chi connectivity index (χ0v) is 9.23. The van der Waals surface area contributed by atoms with Gasteiger partial charge in [-0.1, -0.05) is 29.4 Å². The predicted molar refractivity (Wildman–Crippen MR) is 59.8 cm³/mol. The highest BCUT2D eigenvalue weighted by atomic mass is 35.5. The first kappa shape index (κ1) is 10.5. The fourth-order valence-electron chi connectivity index (χ4n) is 1.07. The van der Waals surface area contributed by atoms with Gasteiger partial charge in [-0.3, -0.25) is 0 Å². The summed E-state index contributed by atoms with van der Waals surface area (Å²) >= 11 is 7.11. The minimum Gasteiger partial charge on any atom is -0.248 e. The van der Waals surface area contributed by atoms with Crippen LogP contribution in [0.5, 0.6) is 0 Å². The molecule has 0 atom stereocenters. The number of aromatic nitrogens is 1. The number of hydrogen-bond acceptors (Lipinski definition) is 2. The molecule has 4 heteroatoms. The number of nitrogens with zero attached hydrogens (tertiary/aromatic N) is 1. The van der Waals surface area contributed by atoms with Crippen LogP contribution in [-0.2, 0) is 0 Å². The molecule has 0 aliphatic carbocycles. The van der Waals surface area contributed by atoms with Gasteiger partial charge in [0.1, 0.15) is 10.8 Å². The molecular formula is C11H7ClFNS. The molecule has 0 fully saturated rings. The zero-order chi connectivity index (χ0) is 10.7. The van der Waals surface area contributed by atoms with Gasteiger partial charge in [-0.25, -0.2) is 9.37 Å². The Labute approximate surface area is 96.3 Å². The molecule has 0 saturated carbocycles. The van der Waals surface area contributed by atoms with Crippen molar-refractivity contribution in [3.8, 4) is 0 Å². The lowest BCUT2D eigenvalue weighted by molar-refractivity contribution is 0.624. The van der Waals surface area contributed by atoms with Crippen LogP contribution in [0.3, 0.4) is 0 Å². The van der Waals surface area contributed by atoms with E-state index in [0.29, 0.717) is 5.02 Å². The third-order valence-corrected chi connectivity index (χ3v) is 2.88. The maximum Gasteiger partial charge on any atom is 0.124 e. The fraction of sp³-hybridized carbons (Fsp3) is 0. The quantitative estimate of drug-likeness (QED) is 0.785. The average molecular weight is 240 g/mol. The molecule has 0 aliphatic heterocycles. The molecule has 1 aromatic heterocycles. The van der Waals surface area contributed by atoms with Crippen molar-refractivity contribution in [2.45, 2.75) is 9.92 Å². The summed E-state index contributed by atoms with van der Waals surface area (Å²) in [5, 5.41) is 1.39. The second kappa shape index (κ2) is 4.64. The van der Waals surface area contributed by atoms with Crippen LogP contribution in [0.15, 0.2) is 52.5 Å². The van der Waals surface area contributed by atoms with Gasteiger partial charge < -0.3 is 0 Å². The molecular weight excluding hydrogens is 233 g/mol. The van der Waals surface area contributed by atoms with E-state index in [-0.39, 0.29) is 5.82 Å². The van der Waals surface area contributed by atoms with E-state index in [1.54, 1.807) is 24.4 Å². The Hall–Kier alpha value is -1.06. The number of pyridine rings is 1. The molecule has 1 nitrogen and oxygen atoms in total. The van der Waals surface area contributed by atoms with Crippen LogP contribution in [0.25, 0.3) is 0 Å². The van der Waals surface area contributed by atoms with E-state index < -0.39 is 0 Å². The number of hydrogen-bond donors (Lipinski definition) is 0. The summed E-state index contributed by atoms with van der Waals surface area (Å²) in [6, 6.07) is 9.96. The summed E-state index contributed by atoms with van der Waals surface area (Å²) in [6.07, 6.45) is 1.57. The second-order valence-electron chi connectivity index (χ2n) is 2.87. The van der Waals surface area contributed by atoms with Crippen molar-refractivity contribution >= 4 is 23.4 Å². The van der Waals surface area contributed by atoms with Crippen LogP contribution in [0.2, 0.25) is 5.02 Å². The van der Waals surface area contributed by atoms with E-state index in [1.807, 2.05) is 6.07 Å². The minimum atomic E-state index is -0.242. The van der Waals surface area contributed by atoms with Gasteiger partial charge in [-0.05, 0) is 30.3 Å². The highest BCUT2D eigenvalue weighted by molar-refractivity contribution is 7.99. The van der Waals surface area contributed by atoms with Gasteiger partial charge in [0, 0.05) is 11.1 Å². The van der Waals surface area contributed by atoms with Gasteiger partial charge in [-0.15, -0.1) is 0 Å². The maximum absolute atomic E-state index is 12.9. The normalized spacial score (nSPS) is 10.3. The van der Waals surface area contributed by atoms with E-state index in [4.69, 9.17) is 11.6 Å².